The predicted octanol–water partition coefficient (Wildman–Crippen LogP) is 5.32. The number of halogens is 5. The first kappa shape index (κ1) is 23.7. The van der Waals surface area contributed by atoms with E-state index in [4.69, 9.17) is 17.3 Å². The molecule has 2 aromatic carbocycles. The largest absolute Gasteiger partial charge is 0.434 e. The summed E-state index contributed by atoms with van der Waals surface area (Å²) in [5.74, 6) is -2.26. The van der Waals surface area contributed by atoms with E-state index in [1.54, 1.807) is 18.2 Å². The van der Waals surface area contributed by atoms with Crippen LogP contribution in [0.5, 0.6) is 0 Å². The molecule has 0 saturated heterocycles. The summed E-state index contributed by atoms with van der Waals surface area (Å²) in [6.07, 6.45) is -3.39. The lowest BCUT2D eigenvalue weighted by molar-refractivity contribution is -0.141. The number of primary amides is 1. The number of pyridine rings is 1. The van der Waals surface area contributed by atoms with Crippen molar-refractivity contribution in [2.45, 2.75) is 31.6 Å². The molecule has 1 aliphatic carbocycles. The zero-order chi connectivity index (χ0) is 24.6. The Kier molecular flexibility index (Phi) is 6.31. The van der Waals surface area contributed by atoms with E-state index in [1.807, 2.05) is 0 Å². The van der Waals surface area contributed by atoms with Gasteiger partial charge in [0.05, 0.1) is 11.6 Å². The molecular weight excluding hydrogens is 474 g/mol. The van der Waals surface area contributed by atoms with E-state index in [9.17, 15) is 27.2 Å². The van der Waals surface area contributed by atoms with E-state index < -0.39 is 41.1 Å². The third-order valence-corrected chi connectivity index (χ3v) is 6.01. The van der Waals surface area contributed by atoms with Gasteiger partial charge in [0.1, 0.15) is 5.82 Å². The number of amides is 2. The Balaban J connectivity index is 1.85. The van der Waals surface area contributed by atoms with Crippen molar-refractivity contribution < 1.29 is 27.2 Å². The average Bonchev–Trinajstić information content (AvgIpc) is 3.20. The van der Waals surface area contributed by atoms with E-state index in [-0.39, 0.29) is 30.0 Å². The lowest BCUT2D eigenvalue weighted by Crippen LogP contribution is -2.36. The fraction of sp³-hybridized carbons (Fsp3) is 0.208. The second-order valence-electron chi connectivity index (χ2n) is 7.86. The summed E-state index contributed by atoms with van der Waals surface area (Å²) in [5, 5.41) is 0.102. The van der Waals surface area contributed by atoms with Crippen molar-refractivity contribution in [2.24, 2.45) is 5.73 Å². The Bertz CT molecular complexity index is 1280. The monoisotopic (exact) mass is 491 g/mol. The second-order valence-corrected chi connectivity index (χ2v) is 8.30. The molecular formula is C24H18ClF4N3O2. The average molecular weight is 492 g/mol. The van der Waals surface area contributed by atoms with Crippen LogP contribution in [0.3, 0.4) is 0 Å². The van der Waals surface area contributed by atoms with E-state index in [0.29, 0.717) is 16.7 Å². The van der Waals surface area contributed by atoms with E-state index in [2.05, 4.69) is 4.98 Å². The maximum Gasteiger partial charge on any atom is 0.434 e. The topological polar surface area (TPSA) is 76.3 Å². The summed E-state index contributed by atoms with van der Waals surface area (Å²) in [4.78, 5) is 30.1. The summed E-state index contributed by atoms with van der Waals surface area (Å²) in [6, 6.07) is 10.4. The molecule has 3 aromatic rings. The minimum atomic E-state index is -4.87. The third-order valence-electron chi connectivity index (χ3n) is 5.79. The smallest absolute Gasteiger partial charge is 0.366 e. The van der Waals surface area contributed by atoms with Gasteiger partial charge in [0.15, 0.2) is 5.69 Å². The number of alkyl halides is 3. The van der Waals surface area contributed by atoms with Crippen LogP contribution < -0.4 is 5.73 Å². The van der Waals surface area contributed by atoms with E-state index >= 15 is 0 Å². The standard InChI is InChI=1S/C24H18ClF4N3O2/c25-14-10-18-16(19(26)11-14)7-8-20(18)32(12-13-4-1-2-5-15(13)22(30)33)23(34)17-6-3-9-31-21(17)24(27,28)29/h1-6,9-11,20H,7-8,12H2,(H2,30,33)/t20-/m1/s1. The lowest BCUT2D eigenvalue weighted by Gasteiger charge is -2.31. The van der Waals surface area contributed by atoms with Crippen molar-refractivity contribution >= 4 is 23.4 Å². The SMILES string of the molecule is NC(=O)c1ccccc1CN(C(=O)c1cccnc1C(F)(F)F)[C@@H]1CCc2c(F)cc(Cl)cc21. The minimum Gasteiger partial charge on any atom is -0.366 e. The van der Waals surface area contributed by atoms with Crippen LogP contribution in [-0.4, -0.2) is 21.7 Å². The van der Waals surface area contributed by atoms with Crippen LogP contribution in [0, 0.1) is 5.82 Å². The Hall–Kier alpha value is -3.46. The molecule has 0 radical (unpaired) electrons. The first-order valence-electron chi connectivity index (χ1n) is 10.3. The maximum atomic E-state index is 14.5. The van der Waals surface area contributed by atoms with Crippen LogP contribution in [0.4, 0.5) is 17.6 Å². The van der Waals surface area contributed by atoms with Gasteiger partial charge in [-0.15, -0.1) is 0 Å². The van der Waals surface area contributed by atoms with Crippen molar-refractivity contribution in [3.05, 3.63) is 99.1 Å². The van der Waals surface area contributed by atoms with Crippen molar-refractivity contribution in [3.63, 3.8) is 0 Å². The van der Waals surface area contributed by atoms with Gasteiger partial charge in [0.2, 0.25) is 5.91 Å². The molecule has 1 heterocycles. The van der Waals surface area contributed by atoms with Gasteiger partial charge in [-0.2, -0.15) is 13.2 Å². The highest BCUT2D eigenvalue weighted by Crippen LogP contribution is 2.41. The van der Waals surface area contributed by atoms with Crippen LogP contribution in [0.1, 0.15) is 55.6 Å². The van der Waals surface area contributed by atoms with Gasteiger partial charge in [0, 0.05) is 23.3 Å². The van der Waals surface area contributed by atoms with Gasteiger partial charge >= 0.3 is 6.18 Å². The van der Waals surface area contributed by atoms with Crippen LogP contribution in [0.25, 0.3) is 0 Å². The van der Waals surface area contributed by atoms with Crippen molar-refractivity contribution in [3.8, 4) is 0 Å². The van der Waals surface area contributed by atoms with Crippen LogP contribution in [-0.2, 0) is 19.1 Å². The summed E-state index contributed by atoms with van der Waals surface area (Å²) in [7, 11) is 0. The number of fused-ring (bicyclic) bond motifs is 1. The van der Waals surface area contributed by atoms with Crippen LogP contribution in [0.2, 0.25) is 5.02 Å². The van der Waals surface area contributed by atoms with Gasteiger partial charge < -0.3 is 10.6 Å². The fourth-order valence-corrected chi connectivity index (χ4v) is 4.52. The van der Waals surface area contributed by atoms with Gasteiger partial charge in [-0.3, -0.25) is 14.6 Å². The zero-order valence-corrected chi connectivity index (χ0v) is 18.3. The first-order chi connectivity index (χ1) is 16.1. The molecule has 2 amide bonds. The molecule has 1 aliphatic rings. The van der Waals surface area contributed by atoms with Crippen LogP contribution in [0.15, 0.2) is 54.7 Å². The van der Waals surface area contributed by atoms with E-state index in [0.717, 1.165) is 18.3 Å². The third kappa shape index (κ3) is 4.48. The highest BCUT2D eigenvalue weighted by atomic mass is 35.5. The molecule has 0 fully saturated rings. The van der Waals surface area contributed by atoms with Gasteiger partial charge in [-0.25, -0.2) is 4.39 Å². The van der Waals surface area contributed by atoms with Crippen molar-refractivity contribution in [1.82, 2.24) is 9.88 Å². The van der Waals surface area contributed by atoms with Gasteiger partial charge in [-0.05, 0) is 59.9 Å². The Morgan fingerprint density at radius 3 is 2.53 bits per heavy atom. The highest BCUT2D eigenvalue weighted by Gasteiger charge is 2.40. The molecule has 1 atom stereocenters. The molecule has 1 aromatic heterocycles. The summed E-state index contributed by atoms with van der Waals surface area (Å²) in [6.45, 7) is -0.234. The molecule has 0 unspecified atom stereocenters. The number of carbonyl (C=O) groups excluding carboxylic acids is 2. The molecule has 176 valence electrons. The molecule has 0 saturated carbocycles. The summed E-state index contributed by atoms with van der Waals surface area (Å²) in [5.41, 5.74) is 4.70. The molecule has 2 N–H and O–H groups in total. The Morgan fingerprint density at radius 2 is 1.82 bits per heavy atom. The highest BCUT2D eigenvalue weighted by molar-refractivity contribution is 6.30. The van der Waals surface area contributed by atoms with Crippen molar-refractivity contribution in [1.29, 1.82) is 0 Å². The first-order valence-corrected chi connectivity index (χ1v) is 10.6. The Morgan fingerprint density at radius 1 is 1.12 bits per heavy atom. The number of aromatic nitrogens is 1. The number of hydrogen-bond acceptors (Lipinski definition) is 3. The zero-order valence-electron chi connectivity index (χ0n) is 17.6. The molecule has 4 rings (SSSR count). The maximum absolute atomic E-state index is 14.5. The van der Waals surface area contributed by atoms with Gasteiger partial charge in [0.25, 0.3) is 5.91 Å². The molecule has 0 bridgehead atoms. The minimum absolute atomic E-state index is 0.102. The predicted molar refractivity (Wildman–Crippen MR) is 117 cm³/mol. The van der Waals surface area contributed by atoms with Crippen molar-refractivity contribution in [2.75, 3.05) is 0 Å². The lowest BCUT2D eigenvalue weighted by atomic mass is 10.0. The number of nitrogens with two attached hydrogens (primary N) is 1. The summed E-state index contributed by atoms with van der Waals surface area (Å²) >= 11 is 6.04. The number of carbonyl (C=O) groups is 2. The fourth-order valence-electron chi connectivity index (χ4n) is 4.31. The number of hydrogen-bond donors (Lipinski definition) is 1. The quantitative estimate of drug-likeness (QED) is 0.491. The number of nitrogens with zero attached hydrogens (tertiary/aromatic N) is 2. The molecule has 0 aliphatic heterocycles. The second kappa shape index (κ2) is 9.06. The number of benzene rings is 2. The molecule has 5 nitrogen and oxygen atoms in total. The van der Waals surface area contributed by atoms with E-state index in [1.165, 1.54) is 23.1 Å². The molecule has 34 heavy (non-hydrogen) atoms. The summed E-state index contributed by atoms with van der Waals surface area (Å²) < 4.78 is 55.4. The number of rotatable bonds is 5. The Labute approximate surface area is 197 Å². The van der Waals surface area contributed by atoms with Gasteiger partial charge in [-0.1, -0.05) is 29.8 Å². The molecule has 10 heteroatoms. The molecule has 0 spiro atoms. The van der Waals surface area contributed by atoms with Crippen LogP contribution >= 0.6 is 11.6 Å². The normalized spacial score (nSPS) is 15.1.